The second-order valence-electron chi connectivity index (χ2n) is 7.14. The average Bonchev–Trinajstić information content (AvgIpc) is 2.73. The van der Waals surface area contributed by atoms with Crippen molar-refractivity contribution >= 4 is 11.6 Å². The number of carbonyl (C=O) groups excluding carboxylic acids is 2. The van der Waals surface area contributed by atoms with Crippen molar-refractivity contribution in [3.63, 3.8) is 0 Å². The van der Waals surface area contributed by atoms with Crippen LogP contribution >= 0.6 is 0 Å². The first kappa shape index (κ1) is 18.8. The normalized spacial score (nSPS) is 19.7. The quantitative estimate of drug-likeness (QED) is 0.448. The van der Waals surface area contributed by atoms with E-state index in [1.807, 2.05) is 0 Å². The zero-order valence-corrected chi connectivity index (χ0v) is 15.8. The van der Waals surface area contributed by atoms with Crippen LogP contribution in [0.2, 0.25) is 0 Å². The third-order valence-electron chi connectivity index (χ3n) is 5.66. The number of carbonyl (C=O) groups is 2. The van der Waals surface area contributed by atoms with E-state index in [0.717, 1.165) is 0 Å². The van der Waals surface area contributed by atoms with Crippen molar-refractivity contribution in [3.8, 4) is 35.3 Å². The molecule has 29 heavy (non-hydrogen) atoms. The fourth-order valence-electron chi connectivity index (χ4n) is 4.17. The van der Waals surface area contributed by atoms with Crippen LogP contribution in [-0.2, 0) is 12.8 Å². The smallest absolute Gasteiger partial charge is 0.202 e. The van der Waals surface area contributed by atoms with E-state index in [0.29, 0.717) is 5.56 Å². The van der Waals surface area contributed by atoms with Gasteiger partial charge in [0.25, 0.3) is 0 Å². The number of phenols is 2. The Balaban J connectivity index is 2.05. The molecule has 0 aromatic heterocycles. The van der Waals surface area contributed by atoms with Crippen LogP contribution in [0.25, 0.3) is 0 Å². The maximum atomic E-state index is 13.3. The van der Waals surface area contributed by atoms with Crippen LogP contribution in [-0.4, -0.2) is 46.7 Å². The molecule has 7 nitrogen and oxygen atoms in total. The highest BCUT2D eigenvalue weighted by Crippen LogP contribution is 2.49. The number of rotatable bonds is 2. The summed E-state index contributed by atoms with van der Waals surface area (Å²) in [5, 5.41) is 32.2. The van der Waals surface area contributed by atoms with Crippen LogP contribution < -0.4 is 9.47 Å². The van der Waals surface area contributed by atoms with Gasteiger partial charge in [-0.1, -0.05) is 5.92 Å². The lowest BCUT2D eigenvalue weighted by atomic mass is 9.74. The van der Waals surface area contributed by atoms with E-state index in [4.69, 9.17) is 15.9 Å². The molecule has 148 valence electrons. The lowest BCUT2D eigenvalue weighted by Gasteiger charge is -2.32. The zero-order valence-electron chi connectivity index (χ0n) is 15.8. The largest absolute Gasteiger partial charge is 0.507 e. The Hall–Kier alpha value is -3.50. The van der Waals surface area contributed by atoms with Gasteiger partial charge in [0.1, 0.15) is 28.6 Å². The number of terminal acetylenes is 1. The maximum Gasteiger partial charge on any atom is 0.202 e. The van der Waals surface area contributed by atoms with E-state index in [9.17, 15) is 24.9 Å². The monoisotopic (exact) mass is 394 g/mol. The molecule has 1 atom stereocenters. The Morgan fingerprint density at radius 2 is 1.41 bits per heavy atom. The number of methoxy groups -OCH3 is 2. The molecule has 0 heterocycles. The minimum Gasteiger partial charge on any atom is -0.507 e. The molecule has 7 heteroatoms. The van der Waals surface area contributed by atoms with E-state index in [-0.39, 0.29) is 64.3 Å². The molecule has 0 fully saturated rings. The Morgan fingerprint density at radius 1 is 0.931 bits per heavy atom. The van der Waals surface area contributed by atoms with Crippen molar-refractivity contribution in [2.75, 3.05) is 14.2 Å². The number of aliphatic hydroxyl groups is 1. The number of ketones is 2. The van der Waals surface area contributed by atoms with Crippen LogP contribution in [0.15, 0.2) is 12.1 Å². The summed E-state index contributed by atoms with van der Waals surface area (Å²) in [6.07, 6.45) is 5.56. The molecule has 3 N–H and O–H groups in total. The second kappa shape index (κ2) is 6.26. The van der Waals surface area contributed by atoms with Gasteiger partial charge in [0.05, 0.1) is 36.5 Å². The second-order valence-corrected chi connectivity index (χ2v) is 7.14. The first-order valence-corrected chi connectivity index (χ1v) is 8.92. The maximum absolute atomic E-state index is 13.3. The minimum absolute atomic E-state index is 0.0325. The lowest BCUT2D eigenvalue weighted by molar-refractivity contribution is 0.0845. The van der Waals surface area contributed by atoms with E-state index in [2.05, 4.69) is 5.92 Å². The molecule has 4 rings (SSSR count). The summed E-state index contributed by atoms with van der Waals surface area (Å²) >= 11 is 0. The minimum atomic E-state index is -1.51. The predicted molar refractivity (Wildman–Crippen MR) is 102 cm³/mol. The topological polar surface area (TPSA) is 113 Å². The van der Waals surface area contributed by atoms with Crippen molar-refractivity contribution in [1.29, 1.82) is 0 Å². The third-order valence-corrected chi connectivity index (χ3v) is 5.66. The Labute approximate surface area is 166 Å². The molecule has 2 aromatic rings. The predicted octanol–water partition coefficient (Wildman–Crippen LogP) is 1.74. The van der Waals surface area contributed by atoms with E-state index in [1.54, 1.807) is 0 Å². The molecule has 0 radical (unpaired) electrons. The van der Waals surface area contributed by atoms with Gasteiger partial charge in [0.2, 0.25) is 11.6 Å². The SMILES string of the molecule is C#CC1(O)CCc2c(O)c3c(c(O)c2C1)C(=O)c1c(OC)ccc(OC)c1C3=O. The summed E-state index contributed by atoms with van der Waals surface area (Å²) in [6.45, 7) is 0. The third kappa shape index (κ3) is 2.43. The van der Waals surface area contributed by atoms with Gasteiger partial charge in [-0.05, 0) is 25.0 Å². The molecule has 2 aromatic carbocycles. The van der Waals surface area contributed by atoms with Crippen molar-refractivity contribution in [1.82, 2.24) is 0 Å². The number of phenolic OH excluding ortho intramolecular Hbond substituents is 2. The highest BCUT2D eigenvalue weighted by atomic mass is 16.5. The summed E-state index contributed by atoms with van der Waals surface area (Å²) < 4.78 is 10.5. The molecule has 0 saturated heterocycles. The standard InChI is InChI=1S/C22H18O7/c1-4-22(27)8-7-10-11(9-22)19(24)17-16(18(10)23)20(25)14-12(28-2)5-6-13(29-3)15(14)21(17)26/h1,5-6,23-24,27H,7-9H2,2-3H3. The zero-order chi connectivity index (χ0) is 21.1. The summed E-state index contributed by atoms with van der Waals surface area (Å²) in [4.78, 5) is 26.6. The van der Waals surface area contributed by atoms with Gasteiger partial charge in [-0.25, -0.2) is 0 Å². The molecule has 0 spiro atoms. The van der Waals surface area contributed by atoms with Crippen LogP contribution in [0.5, 0.6) is 23.0 Å². The van der Waals surface area contributed by atoms with Gasteiger partial charge in [-0.2, -0.15) is 0 Å². The molecular formula is C22H18O7. The van der Waals surface area contributed by atoms with E-state index in [1.165, 1.54) is 26.4 Å². The number of fused-ring (bicyclic) bond motifs is 3. The van der Waals surface area contributed by atoms with Gasteiger partial charge >= 0.3 is 0 Å². The molecule has 0 saturated carbocycles. The Kier molecular flexibility index (Phi) is 4.07. The summed E-state index contributed by atoms with van der Waals surface area (Å²) in [5.41, 5.74) is -1.74. The summed E-state index contributed by atoms with van der Waals surface area (Å²) in [6, 6.07) is 2.98. The van der Waals surface area contributed by atoms with Crippen LogP contribution in [0, 0.1) is 12.3 Å². The molecule has 0 amide bonds. The van der Waals surface area contributed by atoms with Crippen molar-refractivity contribution in [3.05, 3.63) is 45.5 Å². The van der Waals surface area contributed by atoms with Crippen molar-refractivity contribution in [2.45, 2.75) is 24.9 Å². The first-order valence-electron chi connectivity index (χ1n) is 8.92. The van der Waals surface area contributed by atoms with Gasteiger partial charge in [-0.15, -0.1) is 6.42 Å². The summed E-state index contributed by atoms with van der Waals surface area (Å²) in [7, 11) is 2.72. The fraction of sp³-hybridized carbons (Fsp3) is 0.273. The molecule has 2 aliphatic carbocycles. The number of hydrogen-bond acceptors (Lipinski definition) is 7. The van der Waals surface area contributed by atoms with Crippen LogP contribution in [0.1, 0.15) is 49.4 Å². The molecular weight excluding hydrogens is 376 g/mol. The van der Waals surface area contributed by atoms with Gasteiger partial charge in [0, 0.05) is 17.5 Å². The van der Waals surface area contributed by atoms with Crippen LogP contribution in [0.4, 0.5) is 0 Å². The summed E-state index contributed by atoms with van der Waals surface area (Å²) in [5.74, 6) is 0.398. The Bertz CT molecular complexity index is 1140. The van der Waals surface area contributed by atoms with Crippen molar-refractivity contribution < 1.29 is 34.4 Å². The number of hydrogen-bond donors (Lipinski definition) is 3. The van der Waals surface area contributed by atoms with Gasteiger partial charge in [-0.3, -0.25) is 9.59 Å². The van der Waals surface area contributed by atoms with Crippen molar-refractivity contribution in [2.24, 2.45) is 0 Å². The highest BCUT2D eigenvalue weighted by molar-refractivity contribution is 6.32. The first-order chi connectivity index (χ1) is 13.8. The fourth-order valence-corrected chi connectivity index (χ4v) is 4.17. The number of ether oxygens (including phenoxy) is 2. The van der Waals surface area contributed by atoms with E-state index >= 15 is 0 Å². The molecule has 1 unspecified atom stereocenters. The molecule has 2 aliphatic rings. The Morgan fingerprint density at radius 3 is 1.86 bits per heavy atom. The number of aromatic hydroxyl groups is 2. The van der Waals surface area contributed by atoms with Gasteiger partial charge < -0.3 is 24.8 Å². The van der Waals surface area contributed by atoms with Crippen LogP contribution in [0.3, 0.4) is 0 Å². The average molecular weight is 394 g/mol. The lowest BCUT2D eigenvalue weighted by Crippen LogP contribution is -2.35. The molecule has 0 bridgehead atoms. The van der Waals surface area contributed by atoms with Gasteiger partial charge in [0.15, 0.2) is 0 Å². The molecule has 0 aliphatic heterocycles. The number of benzene rings is 2. The highest BCUT2D eigenvalue weighted by Gasteiger charge is 2.43. The van der Waals surface area contributed by atoms with E-state index < -0.39 is 22.9 Å².